The summed E-state index contributed by atoms with van der Waals surface area (Å²) in [6.07, 6.45) is 4.99. The lowest BCUT2D eigenvalue weighted by Gasteiger charge is -2.13. The molecule has 1 amide bonds. The normalized spacial score (nSPS) is 15.2. The predicted octanol–water partition coefficient (Wildman–Crippen LogP) is 3.27. The van der Waals surface area contributed by atoms with E-state index in [2.05, 4.69) is 22.3 Å². The molecule has 0 saturated carbocycles. The lowest BCUT2D eigenvalue weighted by atomic mass is 10.1. The number of benzene rings is 1. The molecule has 0 fully saturated rings. The van der Waals surface area contributed by atoms with E-state index in [0.29, 0.717) is 27.6 Å². The first-order valence-electron chi connectivity index (χ1n) is 9.92. The molecule has 1 aromatic carbocycles. The van der Waals surface area contributed by atoms with Gasteiger partial charge in [0.2, 0.25) is 5.91 Å². The van der Waals surface area contributed by atoms with Crippen LogP contribution in [0.3, 0.4) is 0 Å². The molecule has 3 aromatic heterocycles. The van der Waals surface area contributed by atoms with E-state index in [1.165, 1.54) is 17.3 Å². The molecule has 0 aliphatic carbocycles. The second-order valence-electron chi connectivity index (χ2n) is 7.58. The van der Waals surface area contributed by atoms with Crippen molar-refractivity contribution in [2.24, 2.45) is 0 Å². The van der Waals surface area contributed by atoms with Crippen molar-refractivity contribution in [1.82, 2.24) is 24.3 Å². The van der Waals surface area contributed by atoms with Gasteiger partial charge in [0.15, 0.2) is 10.8 Å². The first kappa shape index (κ1) is 19.5. The molecular weight excluding hydrogens is 412 g/mol. The van der Waals surface area contributed by atoms with Crippen LogP contribution in [0.15, 0.2) is 58.9 Å². The fourth-order valence-corrected chi connectivity index (χ4v) is 4.82. The van der Waals surface area contributed by atoms with E-state index in [1.54, 1.807) is 40.0 Å². The second kappa shape index (κ2) is 7.66. The van der Waals surface area contributed by atoms with E-state index in [1.807, 2.05) is 25.1 Å². The molecule has 1 aliphatic rings. The first-order valence-corrected chi connectivity index (χ1v) is 10.9. The van der Waals surface area contributed by atoms with Gasteiger partial charge in [0.1, 0.15) is 5.39 Å². The van der Waals surface area contributed by atoms with Crippen LogP contribution in [0.2, 0.25) is 0 Å². The third-order valence-electron chi connectivity index (χ3n) is 5.49. The minimum Gasteiger partial charge on any atom is -0.326 e. The quantitative estimate of drug-likeness (QED) is 0.498. The third-order valence-corrected chi connectivity index (χ3v) is 6.59. The lowest BCUT2D eigenvalue weighted by Crippen LogP contribution is -2.27. The minimum atomic E-state index is -0.254. The van der Waals surface area contributed by atoms with Crippen LogP contribution in [0.5, 0.6) is 0 Å². The molecule has 1 atom stereocenters. The maximum absolute atomic E-state index is 13.3. The molecule has 4 heterocycles. The number of fused-ring (bicyclic) bond motifs is 2. The van der Waals surface area contributed by atoms with Crippen LogP contribution in [0, 0.1) is 13.8 Å². The predicted molar refractivity (Wildman–Crippen MR) is 120 cm³/mol. The fourth-order valence-electron chi connectivity index (χ4n) is 3.69. The van der Waals surface area contributed by atoms with Crippen LogP contribution in [0.25, 0.3) is 16.7 Å². The van der Waals surface area contributed by atoms with Crippen molar-refractivity contribution in [1.29, 1.82) is 0 Å². The van der Waals surface area contributed by atoms with Gasteiger partial charge in [-0.1, -0.05) is 17.8 Å². The summed E-state index contributed by atoms with van der Waals surface area (Å²) in [5.74, 6) is 0.470. The molecule has 4 aromatic rings. The van der Waals surface area contributed by atoms with Gasteiger partial charge in [-0.25, -0.2) is 9.67 Å². The number of amides is 1. The van der Waals surface area contributed by atoms with Crippen LogP contribution in [0.1, 0.15) is 23.6 Å². The zero-order valence-electron chi connectivity index (χ0n) is 17.1. The van der Waals surface area contributed by atoms with Gasteiger partial charge in [-0.15, -0.1) is 0 Å². The molecule has 1 N–H and O–H groups in total. The number of nitrogens with zero attached hydrogens (tertiary/aromatic N) is 5. The fraction of sp³-hybridized carbons (Fsp3) is 0.227. The second-order valence-corrected chi connectivity index (χ2v) is 8.57. The summed E-state index contributed by atoms with van der Waals surface area (Å²) in [6.45, 7) is 4.10. The Labute approximate surface area is 182 Å². The van der Waals surface area contributed by atoms with Gasteiger partial charge < -0.3 is 5.32 Å². The van der Waals surface area contributed by atoms with Crippen LogP contribution in [-0.2, 0) is 4.79 Å². The topological polar surface area (TPSA) is 94.7 Å². The SMILES string of the molecule is Cc1ccc(-n2ncc3c(=O)n4c(nc32)SCC4CC(=O)Nc2ccncc2)cc1C. The van der Waals surface area contributed by atoms with Crippen LogP contribution in [0.4, 0.5) is 5.69 Å². The Balaban J connectivity index is 1.47. The largest absolute Gasteiger partial charge is 0.326 e. The molecule has 1 aliphatic heterocycles. The number of rotatable bonds is 4. The molecule has 8 nitrogen and oxygen atoms in total. The molecule has 9 heteroatoms. The van der Waals surface area contributed by atoms with E-state index >= 15 is 0 Å². The number of pyridine rings is 1. The van der Waals surface area contributed by atoms with Crippen LogP contribution >= 0.6 is 11.8 Å². The molecule has 0 saturated heterocycles. The van der Waals surface area contributed by atoms with Crippen molar-refractivity contribution in [3.8, 4) is 5.69 Å². The first-order chi connectivity index (χ1) is 15.0. The Morgan fingerprint density at radius 3 is 2.77 bits per heavy atom. The molecule has 5 rings (SSSR count). The van der Waals surface area contributed by atoms with Crippen molar-refractivity contribution in [3.05, 3.63) is 70.4 Å². The van der Waals surface area contributed by atoms with Crippen molar-refractivity contribution in [2.45, 2.75) is 31.5 Å². The molecule has 156 valence electrons. The van der Waals surface area contributed by atoms with E-state index in [4.69, 9.17) is 4.98 Å². The number of hydrogen-bond acceptors (Lipinski definition) is 6. The highest BCUT2D eigenvalue weighted by Crippen LogP contribution is 2.33. The van der Waals surface area contributed by atoms with E-state index in [-0.39, 0.29) is 23.9 Å². The summed E-state index contributed by atoms with van der Waals surface area (Å²) < 4.78 is 3.33. The lowest BCUT2D eigenvalue weighted by molar-refractivity contribution is -0.116. The molecule has 1 unspecified atom stereocenters. The standard InChI is InChI=1S/C22H20N6O2S/c1-13-3-4-16(9-14(13)2)28-20-18(11-24-28)21(30)27-17(12-31-22(27)26-20)10-19(29)25-15-5-7-23-8-6-15/h3-9,11,17H,10,12H2,1-2H3,(H,23,25,29). The van der Waals surface area contributed by atoms with Crippen molar-refractivity contribution in [2.75, 3.05) is 11.1 Å². The number of nitrogens with one attached hydrogen (secondary N) is 1. The highest BCUT2D eigenvalue weighted by Gasteiger charge is 2.29. The van der Waals surface area contributed by atoms with Crippen LogP contribution in [-0.4, -0.2) is 36.0 Å². The van der Waals surface area contributed by atoms with E-state index in [9.17, 15) is 9.59 Å². The maximum atomic E-state index is 13.3. The Morgan fingerprint density at radius 2 is 2.00 bits per heavy atom. The summed E-state index contributed by atoms with van der Waals surface area (Å²) >= 11 is 1.49. The molecule has 31 heavy (non-hydrogen) atoms. The zero-order valence-corrected chi connectivity index (χ0v) is 17.9. The highest BCUT2D eigenvalue weighted by molar-refractivity contribution is 7.99. The van der Waals surface area contributed by atoms with Gasteiger partial charge in [0.25, 0.3) is 5.56 Å². The van der Waals surface area contributed by atoms with Crippen LogP contribution < -0.4 is 10.9 Å². The van der Waals surface area contributed by atoms with Crippen molar-refractivity contribution >= 4 is 34.4 Å². The van der Waals surface area contributed by atoms with E-state index < -0.39 is 0 Å². The Hall–Kier alpha value is -3.46. The van der Waals surface area contributed by atoms with Gasteiger partial charge in [-0.2, -0.15) is 5.10 Å². The van der Waals surface area contributed by atoms with Crippen molar-refractivity contribution in [3.63, 3.8) is 0 Å². The maximum Gasteiger partial charge on any atom is 0.265 e. The van der Waals surface area contributed by atoms with Gasteiger partial charge >= 0.3 is 0 Å². The molecular formula is C22H20N6O2S. The van der Waals surface area contributed by atoms with Gasteiger partial charge in [0, 0.05) is 30.3 Å². The summed E-state index contributed by atoms with van der Waals surface area (Å²) in [5.41, 5.74) is 4.26. The third kappa shape index (κ3) is 3.50. The van der Waals surface area contributed by atoms with Gasteiger partial charge in [-0.05, 0) is 49.2 Å². The number of aryl methyl sites for hydroxylation is 2. The summed E-state index contributed by atoms with van der Waals surface area (Å²) in [7, 11) is 0. The zero-order chi connectivity index (χ0) is 21.5. The van der Waals surface area contributed by atoms with Gasteiger partial charge in [0.05, 0.1) is 17.9 Å². The molecule has 0 radical (unpaired) electrons. The average molecular weight is 433 g/mol. The Kier molecular flexibility index (Phi) is 4.82. The Morgan fingerprint density at radius 1 is 1.19 bits per heavy atom. The summed E-state index contributed by atoms with van der Waals surface area (Å²) in [6, 6.07) is 9.25. The smallest absolute Gasteiger partial charge is 0.265 e. The molecule has 0 bridgehead atoms. The number of hydrogen-bond donors (Lipinski definition) is 1. The number of thioether (sulfide) groups is 1. The van der Waals surface area contributed by atoms with Crippen molar-refractivity contribution < 1.29 is 4.79 Å². The van der Waals surface area contributed by atoms with Gasteiger partial charge in [-0.3, -0.25) is 19.1 Å². The number of carbonyl (C=O) groups excluding carboxylic acids is 1. The summed E-state index contributed by atoms with van der Waals surface area (Å²) in [5, 5.41) is 8.34. The average Bonchev–Trinajstić information content (AvgIpc) is 3.36. The number of anilines is 1. The molecule has 0 spiro atoms. The Bertz CT molecular complexity index is 1360. The minimum absolute atomic E-state index is 0.150. The highest BCUT2D eigenvalue weighted by atomic mass is 32.2. The van der Waals surface area contributed by atoms with E-state index in [0.717, 1.165) is 11.3 Å². The number of carbonyl (C=O) groups is 1. The monoisotopic (exact) mass is 432 g/mol. The number of aromatic nitrogens is 5. The summed E-state index contributed by atoms with van der Waals surface area (Å²) in [4.78, 5) is 34.4.